The first-order valence-electron chi connectivity index (χ1n) is 13.2. The molecular weight excluding hydrogens is 420 g/mol. The standard InChI is InChI=1S/C30H52N2O2/c1-27(31)29(33)25-23-21-19-17-15-13-11-9-7-5-3-4-6-8-10-12-14-16-18-20-22-24-26-30(34)28(2)32/h3,5-6,8-9,11-12,14-15,17,21,23,27-30,33-34H,4,7,10,13,16,18-20,22,24-26,31-32H2,1-2H3/t27-,28-,29?,30?/m0/s1. The van der Waals surface area contributed by atoms with Gasteiger partial charge >= 0.3 is 0 Å². The minimum Gasteiger partial charge on any atom is -0.392 e. The summed E-state index contributed by atoms with van der Waals surface area (Å²) in [7, 11) is 0. The van der Waals surface area contributed by atoms with E-state index in [1.807, 2.05) is 19.9 Å². The first kappa shape index (κ1) is 32.3. The van der Waals surface area contributed by atoms with Crippen LogP contribution in [0.1, 0.15) is 90.9 Å². The predicted molar refractivity (Wildman–Crippen MR) is 150 cm³/mol. The Labute approximate surface area is 209 Å². The van der Waals surface area contributed by atoms with Crippen molar-refractivity contribution in [2.75, 3.05) is 0 Å². The third-order valence-electron chi connectivity index (χ3n) is 5.57. The van der Waals surface area contributed by atoms with E-state index in [0.717, 1.165) is 51.4 Å². The summed E-state index contributed by atoms with van der Waals surface area (Å²) in [6, 6.07) is -0.295. The Balaban J connectivity index is 3.54. The molecule has 194 valence electrons. The van der Waals surface area contributed by atoms with E-state index in [1.165, 1.54) is 19.3 Å². The first-order chi connectivity index (χ1) is 16.4. The maximum atomic E-state index is 9.66. The van der Waals surface area contributed by atoms with Crippen LogP contribution in [0.2, 0.25) is 0 Å². The average molecular weight is 473 g/mol. The Kier molecular flexibility index (Phi) is 23.2. The summed E-state index contributed by atoms with van der Waals surface area (Å²) in [5, 5.41) is 19.3. The molecule has 0 heterocycles. The van der Waals surface area contributed by atoms with Gasteiger partial charge in [0.05, 0.1) is 12.2 Å². The van der Waals surface area contributed by atoms with Gasteiger partial charge in [-0.05, 0) is 71.6 Å². The van der Waals surface area contributed by atoms with Crippen LogP contribution >= 0.6 is 0 Å². The zero-order chi connectivity index (χ0) is 25.3. The van der Waals surface area contributed by atoms with Crippen LogP contribution in [-0.2, 0) is 0 Å². The van der Waals surface area contributed by atoms with Crippen molar-refractivity contribution in [3.8, 4) is 0 Å². The summed E-state index contributed by atoms with van der Waals surface area (Å²) < 4.78 is 0. The molecule has 0 aromatic rings. The van der Waals surface area contributed by atoms with E-state index < -0.39 is 6.10 Å². The molecule has 0 saturated carbocycles. The fourth-order valence-electron chi connectivity index (χ4n) is 3.16. The van der Waals surface area contributed by atoms with E-state index >= 15 is 0 Å². The van der Waals surface area contributed by atoms with Crippen molar-refractivity contribution in [2.24, 2.45) is 11.5 Å². The molecule has 4 heteroatoms. The monoisotopic (exact) mass is 472 g/mol. The van der Waals surface area contributed by atoms with E-state index in [4.69, 9.17) is 11.5 Å². The van der Waals surface area contributed by atoms with Crippen molar-refractivity contribution in [3.05, 3.63) is 72.9 Å². The summed E-state index contributed by atoms with van der Waals surface area (Å²) in [5.41, 5.74) is 11.3. The maximum absolute atomic E-state index is 9.66. The molecule has 0 aliphatic carbocycles. The number of hydrogen-bond donors (Lipinski definition) is 4. The molecular formula is C30H52N2O2. The molecule has 2 unspecified atom stereocenters. The van der Waals surface area contributed by atoms with Crippen molar-refractivity contribution >= 4 is 0 Å². The van der Waals surface area contributed by atoms with Crippen molar-refractivity contribution in [3.63, 3.8) is 0 Å². The number of nitrogens with two attached hydrogens (primary N) is 2. The van der Waals surface area contributed by atoms with Crippen LogP contribution < -0.4 is 11.5 Å². The van der Waals surface area contributed by atoms with Crippen molar-refractivity contribution in [1.82, 2.24) is 0 Å². The second-order valence-corrected chi connectivity index (χ2v) is 9.09. The lowest BCUT2D eigenvalue weighted by atomic mass is 10.0. The van der Waals surface area contributed by atoms with Crippen LogP contribution in [0.25, 0.3) is 0 Å². The Hall–Kier alpha value is -1.72. The van der Waals surface area contributed by atoms with Crippen LogP contribution in [0.15, 0.2) is 72.9 Å². The minimum absolute atomic E-state index is 0.117. The van der Waals surface area contributed by atoms with Gasteiger partial charge in [-0.15, -0.1) is 0 Å². The SMILES string of the molecule is C[C@H](N)C(O)CC=CCC=CCC=CCC=CCC=CCC=CCCCCCCC(O)[C@H](C)N. The Morgan fingerprint density at radius 1 is 0.500 bits per heavy atom. The van der Waals surface area contributed by atoms with Crippen molar-refractivity contribution in [2.45, 2.75) is 115 Å². The van der Waals surface area contributed by atoms with Gasteiger partial charge in [0, 0.05) is 12.1 Å². The summed E-state index contributed by atoms with van der Waals surface area (Å²) in [5.74, 6) is 0. The molecule has 0 bridgehead atoms. The molecule has 34 heavy (non-hydrogen) atoms. The largest absolute Gasteiger partial charge is 0.392 e. The minimum atomic E-state index is -0.451. The van der Waals surface area contributed by atoms with Crippen LogP contribution in [0.4, 0.5) is 0 Å². The van der Waals surface area contributed by atoms with E-state index in [9.17, 15) is 10.2 Å². The quantitative estimate of drug-likeness (QED) is 0.114. The molecule has 6 N–H and O–H groups in total. The van der Waals surface area contributed by atoms with Gasteiger partial charge < -0.3 is 21.7 Å². The molecule has 0 saturated heterocycles. The highest BCUT2D eigenvalue weighted by Gasteiger charge is 2.08. The molecule has 0 amide bonds. The van der Waals surface area contributed by atoms with Gasteiger partial charge in [-0.1, -0.05) is 92.2 Å². The highest BCUT2D eigenvalue weighted by atomic mass is 16.3. The summed E-state index contributed by atoms with van der Waals surface area (Å²) >= 11 is 0. The lowest BCUT2D eigenvalue weighted by molar-refractivity contribution is 0.138. The second kappa shape index (κ2) is 24.4. The average Bonchev–Trinajstić information content (AvgIpc) is 2.81. The molecule has 4 nitrogen and oxygen atoms in total. The van der Waals surface area contributed by atoms with Gasteiger partial charge in [-0.3, -0.25) is 0 Å². The highest BCUT2D eigenvalue weighted by molar-refractivity contribution is 5.01. The number of unbranched alkanes of at least 4 members (excludes halogenated alkanes) is 4. The molecule has 0 aromatic carbocycles. The smallest absolute Gasteiger partial charge is 0.0722 e. The summed E-state index contributed by atoms with van der Waals surface area (Å²) in [4.78, 5) is 0. The lowest BCUT2D eigenvalue weighted by Gasteiger charge is -2.13. The Morgan fingerprint density at radius 3 is 1.32 bits per heavy atom. The molecule has 0 fully saturated rings. The number of aliphatic hydroxyl groups is 2. The molecule has 0 aromatic heterocycles. The molecule has 0 aliphatic rings. The van der Waals surface area contributed by atoms with Gasteiger partial charge in [0.25, 0.3) is 0 Å². The Bertz CT molecular complexity index is 615. The van der Waals surface area contributed by atoms with Crippen LogP contribution in [-0.4, -0.2) is 34.5 Å². The zero-order valence-corrected chi connectivity index (χ0v) is 21.8. The highest BCUT2D eigenvalue weighted by Crippen LogP contribution is 2.09. The van der Waals surface area contributed by atoms with Crippen molar-refractivity contribution in [1.29, 1.82) is 0 Å². The molecule has 4 atom stereocenters. The lowest BCUT2D eigenvalue weighted by Crippen LogP contribution is -2.31. The summed E-state index contributed by atoms with van der Waals surface area (Å²) in [6.07, 6.45) is 37.4. The van der Waals surface area contributed by atoms with Crippen molar-refractivity contribution < 1.29 is 10.2 Å². The van der Waals surface area contributed by atoms with Crippen LogP contribution in [0, 0.1) is 0 Å². The van der Waals surface area contributed by atoms with Crippen LogP contribution in [0.3, 0.4) is 0 Å². The summed E-state index contributed by atoms with van der Waals surface area (Å²) in [6.45, 7) is 3.68. The van der Waals surface area contributed by atoms with E-state index in [0.29, 0.717) is 6.42 Å². The second-order valence-electron chi connectivity index (χ2n) is 9.09. The third kappa shape index (κ3) is 23.4. The number of rotatable bonds is 21. The van der Waals surface area contributed by atoms with Gasteiger partial charge in [-0.2, -0.15) is 0 Å². The molecule has 0 radical (unpaired) electrons. The topological polar surface area (TPSA) is 92.5 Å². The predicted octanol–water partition coefficient (Wildman–Crippen LogP) is 6.42. The fourth-order valence-corrected chi connectivity index (χ4v) is 3.16. The molecule has 0 aliphatic heterocycles. The number of hydrogen-bond acceptors (Lipinski definition) is 4. The van der Waals surface area contributed by atoms with Gasteiger partial charge in [0.15, 0.2) is 0 Å². The molecule has 0 rings (SSSR count). The van der Waals surface area contributed by atoms with Gasteiger partial charge in [0.2, 0.25) is 0 Å². The maximum Gasteiger partial charge on any atom is 0.0722 e. The fraction of sp³-hybridized carbons (Fsp3) is 0.600. The Morgan fingerprint density at radius 2 is 0.882 bits per heavy atom. The van der Waals surface area contributed by atoms with E-state index in [2.05, 4.69) is 66.8 Å². The normalized spacial score (nSPS) is 16.8. The van der Waals surface area contributed by atoms with Crippen LogP contribution in [0.5, 0.6) is 0 Å². The number of allylic oxidation sites excluding steroid dienone is 11. The van der Waals surface area contributed by atoms with Gasteiger partial charge in [0.1, 0.15) is 0 Å². The van der Waals surface area contributed by atoms with E-state index in [1.54, 1.807) is 0 Å². The molecule has 0 spiro atoms. The third-order valence-corrected chi connectivity index (χ3v) is 5.57. The first-order valence-corrected chi connectivity index (χ1v) is 13.2. The zero-order valence-electron chi connectivity index (χ0n) is 21.8. The number of aliphatic hydroxyl groups excluding tert-OH is 2. The van der Waals surface area contributed by atoms with Gasteiger partial charge in [-0.25, -0.2) is 0 Å². The van der Waals surface area contributed by atoms with E-state index in [-0.39, 0.29) is 18.2 Å².